The Hall–Kier alpha value is 0.240. The molecule has 0 spiro atoms. The first-order chi connectivity index (χ1) is 3.39. The Morgan fingerprint density at radius 1 is 1.71 bits per heavy atom. The van der Waals surface area contributed by atoms with Gasteiger partial charge in [0, 0.05) is 12.2 Å². The summed E-state index contributed by atoms with van der Waals surface area (Å²) in [6, 6.07) is 0. The van der Waals surface area contributed by atoms with Crippen LogP contribution in [-0.2, 0) is 4.18 Å². The second-order valence-electron chi connectivity index (χ2n) is 1.47. The Morgan fingerprint density at radius 2 is 2.57 bits per heavy atom. The third kappa shape index (κ3) is 1.65. The van der Waals surface area contributed by atoms with Gasteiger partial charge in [0.05, 0.1) is 0 Å². The van der Waals surface area contributed by atoms with Crippen molar-refractivity contribution in [3.8, 4) is 0 Å². The van der Waals surface area contributed by atoms with Crippen LogP contribution in [0.2, 0.25) is 0 Å². The van der Waals surface area contributed by atoms with Crippen LogP contribution in [0.4, 0.5) is 4.39 Å². The molecular weight excluding hydrogens is 115 g/mol. The molecule has 0 radical (unpaired) electrons. The summed E-state index contributed by atoms with van der Waals surface area (Å²) < 4.78 is 16.5. The molecule has 1 rings (SSSR count). The Bertz CT molecular complexity index is 53.7. The van der Waals surface area contributed by atoms with Gasteiger partial charge >= 0.3 is 0 Å². The van der Waals surface area contributed by atoms with Gasteiger partial charge in [-0.2, -0.15) is 0 Å². The van der Waals surface area contributed by atoms with Crippen LogP contribution in [0.5, 0.6) is 0 Å². The Balaban J connectivity index is 2.12. The molecule has 1 saturated heterocycles. The molecule has 0 saturated carbocycles. The predicted molar refractivity (Wildman–Crippen MR) is 27.7 cm³/mol. The van der Waals surface area contributed by atoms with Crippen molar-refractivity contribution in [2.24, 2.45) is 0 Å². The largest absolute Gasteiger partial charge is 0.279 e. The summed E-state index contributed by atoms with van der Waals surface area (Å²) in [6.45, 7) is 0. The average Bonchev–Trinajstić information content (AvgIpc) is 1.69. The highest BCUT2D eigenvalue weighted by Gasteiger charge is 2.11. The predicted octanol–water partition coefficient (Wildman–Crippen LogP) is 1.74. The third-order valence-corrected chi connectivity index (χ3v) is 1.63. The number of alkyl halides is 1. The maximum absolute atomic E-state index is 11.9. The minimum Gasteiger partial charge on any atom is -0.279 e. The lowest BCUT2D eigenvalue weighted by Gasteiger charge is -2.12. The zero-order valence-corrected chi connectivity index (χ0v) is 4.71. The highest BCUT2D eigenvalue weighted by molar-refractivity contribution is 7.94. The van der Waals surface area contributed by atoms with Crippen molar-refractivity contribution < 1.29 is 8.57 Å². The number of halogens is 1. The minimum atomic E-state index is -1.00. The second kappa shape index (κ2) is 2.52. The van der Waals surface area contributed by atoms with Gasteiger partial charge in [-0.3, -0.25) is 4.18 Å². The lowest BCUT2D eigenvalue weighted by atomic mass is 10.3. The summed E-state index contributed by atoms with van der Waals surface area (Å²) in [5.41, 5.74) is 0. The number of rotatable bonds is 0. The number of hydrogen-bond acceptors (Lipinski definition) is 2. The molecule has 3 heteroatoms. The van der Waals surface area contributed by atoms with E-state index in [0.29, 0.717) is 6.42 Å². The van der Waals surface area contributed by atoms with Crippen LogP contribution in [-0.4, -0.2) is 12.1 Å². The summed E-state index contributed by atoms with van der Waals surface area (Å²) in [6.07, 6.45) is 0.525. The summed E-state index contributed by atoms with van der Waals surface area (Å²) in [7, 11) is 0. The van der Waals surface area contributed by atoms with Crippen molar-refractivity contribution in [3.05, 3.63) is 0 Å². The van der Waals surface area contributed by atoms with Gasteiger partial charge < -0.3 is 0 Å². The molecule has 1 atom stereocenters. The highest BCUT2D eigenvalue weighted by Crippen LogP contribution is 2.20. The van der Waals surface area contributed by atoms with Crippen LogP contribution in [0.15, 0.2) is 0 Å². The molecule has 7 heavy (non-hydrogen) atoms. The van der Waals surface area contributed by atoms with Gasteiger partial charge in [-0.15, -0.1) is 0 Å². The van der Waals surface area contributed by atoms with E-state index in [9.17, 15) is 4.39 Å². The molecule has 0 aromatic rings. The van der Waals surface area contributed by atoms with E-state index in [1.807, 2.05) is 0 Å². The average molecular weight is 122 g/mol. The summed E-state index contributed by atoms with van der Waals surface area (Å²) in [5, 5.41) is 0. The van der Waals surface area contributed by atoms with E-state index in [1.165, 1.54) is 12.0 Å². The van der Waals surface area contributed by atoms with Gasteiger partial charge in [-0.25, -0.2) is 4.39 Å². The van der Waals surface area contributed by atoms with Gasteiger partial charge in [0.15, 0.2) is 0 Å². The normalized spacial score (nSPS) is 33.0. The van der Waals surface area contributed by atoms with Gasteiger partial charge in [-0.05, 0) is 18.5 Å². The van der Waals surface area contributed by atoms with Crippen molar-refractivity contribution in [1.29, 1.82) is 0 Å². The van der Waals surface area contributed by atoms with Gasteiger partial charge in [0.1, 0.15) is 0 Å². The first kappa shape index (κ1) is 5.38. The molecule has 0 amide bonds. The van der Waals surface area contributed by atoms with Crippen LogP contribution in [0, 0.1) is 0 Å². The van der Waals surface area contributed by atoms with E-state index in [0.717, 1.165) is 12.2 Å². The molecule has 0 aliphatic carbocycles. The molecule has 0 bridgehead atoms. The van der Waals surface area contributed by atoms with Crippen LogP contribution < -0.4 is 0 Å². The van der Waals surface area contributed by atoms with Gasteiger partial charge in [0.25, 0.3) is 0 Å². The molecular formula is C4H7FOS. The highest BCUT2D eigenvalue weighted by atomic mass is 32.2. The number of hydrogen-bond donors (Lipinski definition) is 0. The summed E-state index contributed by atoms with van der Waals surface area (Å²) >= 11 is 1.23. The van der Waals surface area contributed by atoms with E-state index in [4.69, 9.17) is 0 Å². The van der Waals surface area contributed by atoms with Crippen molar-refractivity contribution in [2.75, 3.05) is 5.75 Å². The maximum atomic E-state index is 11.9. The Kier molecular flexibility index (Phi) is 1.94. The van der Waals surface area contributed by atoms with E-state index in [1.54, 1.807) is 0 Å². The molecule has 1 fully saturated rings. The first-order valence-electron chi connectivity index (χ1n) is 2.32. The van der Waals surface area contributed by atoms with Crippen molar-refractivity contribution in [3.63, 3.8) is 0 Å². The zero-order chi connectivity index (χ0) is 5.11. The smallest absolute Gasteiger partial charge is 0.211 e. The van der Waals surface area contributed by atoms with E-state index >= 15 is 0 Å². The van der Waals surface area contributed by atoms with E-state index < -0.39 is 6.36 Å². The zero-order valence-electron chi connectivity index (χ0n) is 3.89. The lowest BCUT2D eigenvalue weighted by molar-refractivity contribution is 0.0733. The van der Waals surface area contributed by atoms with E-state index in [2.05, 4.69) is 4.18 Å². The maximum Gasteiger partial charge on any atom is 0.211 e. The molecule has 0 N–H and O–H groups in total. The fourth-order valence-corrected chi connectivity index (χ4v) is 1.10. The van der Waals surface area contributed by atoms with E-state index in [-0.39, 0.29) is 0 Å². The SMILES string of the molecule is FC1CCCSO1. The summed E-state index contributed by atoms with van der Waals surface area (Å²) in [4.78, 5) is 0. The van der Waals surface area contributed by atoms with Crippen LogP contribution in [0.1, 0.15) is 12.8 Å². The second-order valence-corrected chi connectivity index (χ2v) is 2.31. The monoisotopic (exact) mass is 122 g/mol. The molecule has 0 aromatic carbocycles. The first-order valence-corrected chi connectivity index (χ1v) is 3.23. The summed E-state index contributed by atoms with van der Waals surface area (Å²) in [5.74, 6) is 0.945. The fraction of sp³-hybridized carbons (Fsp3) is 1.00. The van der Waals surface area contributed by atoms with Crippen LogP contribution in [0.25, 0.3) is 0 Å². The molecule has 1 aliphatic heterocycles. The van der Waals surface area contributed by atoms with Crippen molar-refractivity contribution >= 4 is 12.0 Å². The third-order valence-electron chi connectivity index (χ3n) is 0.831. The van der Waals surface area contributed by atoms with Gasteiger partial charge in [-0.1, -0.05) is 0 Å². The van der Waals surface area contributed by atoms with Crippen LogP contribution in [0.3, 0.4) is 0 Å². The Morgan fingerprint density at radius 3 is 2.86 bits per heavy atom. The molecule has 42 valence electrons. The lowest BCUT2D eigenvalue weighted by Crippen LogP contribution is -2.07. The topological polar surface area (TPSA) is 9.23 Å². The van der Waals surface area contributed by atoms with Crippen molar-refractivity contribution in [1.82, 2.24) is 0 Å². The Labute approximate surface area is 46.4 Å². The molecule has 1 nitrogen and oxygen atoms in total. The minimum absolute atomic E-state index is 0.576. The van der Waals surface area contributed by atoms with Gasteiger partial charge in [0.2, 0.25) is 6.36 Å². The molecule has 0 aromatic heterocycles. The van der Waals surface area contributed by atoms with Crippen molar-refractivity contribution in [2.45, 2.75) is 19.2 Å². The molecule has 1 unspecified atom stereocenters. The standard InChI is InChI=1S/C4H7FOS/c5-4-2-1-3-7-6-4/h4H,1-3H2. The molecule has 1 aliphatic rings. The fourth-order valence-electron chi connectivity index (χ4n) is 0.473. The quantitative estimate of drug-likeness (QED) is 0.452. The molecule has 1 heterocycles. The van der Waals surface area contributed by atoms with Crippen LogP contribution >= 0.6 is 12.0 Å².